The summed E-state index contributed by atoms with van der Waals surface area (Å²) in [6.07, 6.45) is 7.72. The van der Waals surface area contributed by atoms with Gasteiger partial charge in [-0.25, -0.2) is 0 Å². The molecule has 17 heavy (non-hydrogen) atoms. The molecule has 0 radical (unpaired) electrons. The molecule has 1 aromatic carbocycles. The Bertz CT molecular complexity index is 423. The second-order valence-electron chi connectivity index (χ2n) is 4.79. The van der Waals surface area contributed by atoms with E-state index in [0.717, 1.165) is 22.9 Å². The fraction of sp³-hybridized carbons (Fsp3) is 0.467. The Morgan fingerprint density at radius 3 is 2.82 bits per heavy atom. The SMILES string of the molecule is Cc1cc(C(O)C2=CCCCCC2)ccc1Br. The first-order valence-electron chi connectivity index (χ1n) is 6.31. The number of aliphatic hydroxyl groups is 1. The summed E-state index contributed by atoms with van der Waals surface area (Å²) in [5.74, 6) is 0. The first-order chi connectivity index (χ1) is 8.18. The third kappa shape index (κ3) is 3.20. The zero-order valence-corrected chi connectivity index (χ0v) is 11.8. The van der Waals surface area contributed by atoms with E-state index in [1.54, 1.807) is 0 Å². The molecule has 1 aliphatic carbocycles. The summed E-state index contributed by atoms with van der Waals surface area (Å²) in [4.78, 5) is 0. The minimum absolute atomic E-state index is 0.417. The Hall–Kier alpha value is -0.600. The highest BCUT2D eigenvalue weighted by Crippen LogP contribution is 2.30. The molecule has 2 rings (SSSR count). The summed E-state index contributed by atoms with van der Waals surface area (Å²) in [5, 5.41) is 10.4. The van der Waals surface area contributed by atoms with Gasteiger partial charge in [0.25, 0.3) is 0 Å². The zero-order valence-electron chi connectivity index (χ0n) is 10.2. The molecule has 0 saturated heterocycles. The molecule has 0 bridgehead atoms. The fourth-order valence-electron chi connectivity index (χ4n) is 2.34. The Labute approximate surface area is 112 Å². The first kappa shape index (κ1) is 12.8. The zero-order chi connectivity index (χ0) is 12.3. The highest BCUT2D eigenvalue weighted by Gasteiger charge is 2.15. The molecule has 92 valence electrons. The summed E-state index contributed by atoms with van der Waals surface area (Å²) in [7, 11) is 0. The van der Waals surface area contributed by atoms with Gasteiger partial charge in [-0.3, -0.25) is 0 Å². The van der Waals surface area contributed by atoms with Crippen LogP contribution in [0.4, 0.5) is 0 Å². The molecular formula is C15H19BrO. The lowest BCUT2D eigenvalue weighted by molar-refractivity contribution is 0.210. The van der Waals surface area contributed by atoms with Gasteiger partial charge in [-0.15, -0.1) is 0 Å². The van der Waals surface area contributed by atoms with Crippen LogP contribution >= 0.6 is 15.9 Å². The Morgan fingerprint density at radius 1 is 1.24 bits per heavy atom. The van der Waals surface area contributed by atoms with Crippen LogP contribution in [-0.2, 0) is 0 Å². The molecule has 2 heteroatoms. The van der Waals surface area contributed by atoms with Gasteiger partial charge in [0.1, 0.15) is 6.10 Å². The summed E-state index contributed by atoms with van der Waals surface area (Å²) in [6, 6.07) is 6.10. The topological polar surface area (TPSA) is 20.2 Å². The third-order valence-corrected chi connectivity index (χ3v) is 4.31. The van der Waals surface area contributed by atoms with E-state index < -0.39 is 6.10 Å². The van der Waals surface area contributed by atoms with Crippen molar-refractivity contribution < 1.29 is 5.11 Å². The van der Waals surface area contributed by atoms with Crippen LogP contribution in [-0.4, -0.2) is 5.11 Å². The molecule has 0 spiro atoms. The van der Waals surface area contributed by atoms with E-state index in [-0.39, 0.29) is 0 Å². The molecular weight excluding hydrogens is 276 g/mol. The molecule has 0 heterocycles. The first-order valence-corrected chi connectivity index (χ1v) is 7.11. The summed E-state index contributed by atoms with van der Waals surface area (Å²) >= 11 is 3.49. The van der Waals surface area contributed by atoms with Gasteiger partial charge in [-0.1, -0.05) is 40.6 Å². The molecule has 1 aromatic rings. The average Bonchev–Trinajstić information content (AvgIpc) is 2.60. The van der Waals surface area contributed by atoms with Crippen molar-refractivity contribution in [3.8, 4) is 0 Å². The van der Waals surface area contributed by atoms with E-state index in [2.05, 4.69) is 35.0 Å². The summed E-state index contributed by atoms with van der Waals surface area (Å²) in [6.45, 7) is 2.06. The van der Waals surface area contributed by atoms with Gasteiger partial charge in [-0.2, -0.15) is 0 Å². The lowest BCUT2D eigenvalue weighted by atomic mass is 9.97. The number of allylic oxidation sites excluding steroid dienone is 1. The number of halogens is 1. The third-order valence-electron chi connectivity index (χ3n) is 3.43. The van der Waals surface area contributed by atoms with Crippen LogP contribution in [0, 0.1) is 6.92 Å². The van der Waals surface area contributed by atoms with Crippen LogP contribution in [0.1, 0.15) is 49.3 Å². The van der Waals surface area contributed by atoms with Crippen LogP contribution in [0.5, 0.6) is 0 Å². The van der Waals surface area contributed by atoms with Crippen molar-refractivity contribution >= 4 is 15.9 Å². The van der Waals surface area contributed by atoms with Crippen molar-refractivity contribution in [2.75, 3.05) is 0 Å². The molecule has 0 amide bonds. The number of benzene rings is 1. The van der Waals surface area contributed by atoms with Crippen molar-refractivity contribution in [3.63, 3.8) is 0 Å². The number of aryl methyl sites for hydroxylation is 1. The van der Waals surface area contributed by atoms with Gasteiger partial charge in [0.2, 0.25) is 0 Å². The maximum atomic E-state index is 10.4. The van der Waals surface area contributed by atoms with Crippen molar-refractivity contribution in [3.05, 3.63) is 45.4 Å². The van der Waals surface area contributed by atoms with Crippen LogP contribution in [0.3, 0.4) is 0 Å². The lowest BCUT2D eigenvalue weighted by Crippen LogP contribution is -2.02. The Balaban J connectivity index is 2.20. The summed E-state index contributed by atoms with van der Waals surface area (Å²) in [5.41, 5.74) is 3.39. The number of hydrogen-bond acceptors (Lipinski definition) is 1. The molecule has 0 saturated carbocycles. The molecule has 1 N–H and O–H groups in total. The molecule has 1 unspecified atom stereocenters. The number of hydrogen-bond donors (Lipinski definition) is 1. The van der Waals surface area contributed by atoms with Gasteiger partial charge in [-0.05, 0) is 55.4 Å². The number of aliphatic hydroxyl groups excluding tert-OH is 1. The molecule has 1 atom stereocenters. The maximum Gasteiger partial charge on any atom is 0.100 e. The Kier molecular flexibility index (Phi) is 4.41. The largest absolute Gasteiger partial charge is 0.384 e. The van der Waals surface area contributed by atoms with E-state index in [4.69, 9.17) is 0 Å². The summed E-state index contributed by atoms with van der Waals surface area (Å²) < 4.78 is 1.10. The predicted molar refractivity (Wildman–Crippen MR) is 75.0 cm³/mol. The normalized spacial score (nSPS) is 18.4. The fourth-order valence-corrected chi connectivity index (χ4v) is 2.59. The van der Waals surface area contributed by atoms with Gasteiger partial charge in [0, 0.05) is 4.47 Å². The van der Waals surface area contributed by atoms with Crippen LogP contribution in [0.25, 0.3) is 0 Å². The average molecular weight is 295 g/mol. The van der Waals surface area contributed by atoms with Crippen LogP contribution in [0.15, 0.2) is 34.3 Å². The lowest BCUT2D eigenvalue weighted by Gasteiger charge is -2.15. The molecule has 0 fully saturated rings. The highest BCUT2D eigenvalue weighted by molar-refractivity contribution is 9.10. The predicted octanol–water partition coefficient (Wildman–Crippen LogP) is 4.68. The smallest absolute Gasteiger partial charge is 0.100 e. The number of rotatable bonds is 2. The molecule has 0 aliphatic heterocycles. The Morgan fingerprint density at radius 2 is 2.06 bits per heavy atom. The quantitative estimate of drug-likeness (QED) is 0.785. The second kappa shape index (κ2) is 5.83. The molecule has 1 aliphatic rings. The van der Waals surface area contributed by atoms with Crippen molar-refractivity contribution in [2.45, 2.75) is 45.1 Å². The standard InChI is InChI=1S/C15H19BrO/c1-11-10-13(8-9-14(11)16)15(17)12-6-4-2-3-5-7-12/h6,8-10,15,17H,2-5,7H2,1H3. The van der Waals surface area contributed by atoms with E-state index in [1.165, 1.54) is 30.4 Å². The van der Waals surface area contributed by atoms with E-state index in [0.29, 0.717) is 0 Å². The van der Waals surface area contributed by atoms with E-state index >= 15 is 0 Å². The van der Waals surface area contributed by atoms with E-state index in [1.807, 2.05) is 12.1 Å². The molecule has 1 nitrogen and oxygen atoms in total. The van der Waals surface area contributed by atoms with Gasteiger partial charge in [0.15, 0.2) is 0 Å². The van der Waals surface area contributed by atoms with Gasteiger partial charge >= 0.3 is 0 Å². The minimum Gasteiger partial charge on any atom is -0.384 e. The van der Waals surface area contributed by atoms with Crippen LogP contribution in [0.2, 0.25) is 0 Å². The molecule has 0 aromatic heterocycles. The van der Waals surface area contributed by atoms with Crippen molar-refractivity contribution in [1.82, 2.24) is 0 Å². The van der Waals surface area contributed by atoms with Crippen LogP contribution < -0.4 is 0 Å². The highest BCUT2D eigenvalue weighted by atomic mass is 79.9. The van der Waals surface area contributed by atoms with E-state index in [9.17, 15) is 5.11 Å². The monoisotopic (exact) mass is 294 g/mol. The second-order valence-corrected chi connectivity index (χ2v) is 5.64. The minimum atomic E-state index is -0.417. The van der Waals surface area contributed by atoms with Gasteiger partial charge < -0.3 is 5.11 Å². The maximum absolute atomic E-state index is 10.4. The van der Waals surface area contributed by atoms with Gasteiger partial charge in [0.05, 0.1) is 0 Å². The van der Waals surface area contributed by atoms with Crippen molar-refractivity contribution in [2.24, 2.45) is 0 Å². The van der Waals surface area contributed by atoms with Crippen molar-refractivity contribution in [1.29, 1.82) is 0 Å².